The molecule has 1 saturated heterocycles. The number of nitrogens with zero attached hydrogens (tertiary/aromatic N) is 5. The molecule has 2 aliphatic rings. The third kappa shape index (κ3) is 5.35. The molecule has 5 heterocycles. The molecule has 2 amide bonds. The highest BCUT2D eigenvalue weighted by atomic mass is 35.5. The lowest BCUT2D eigenvalue weighted by Crippen LogP contribution is -2.71. The molecule has 0 radical (unpaired) electrons. The molecular formula is C22H20ClN9O7S2. The van der Waals surface area contributed by atoms with E-state index in [0.29, 0.717) is 16.6 Å². The lowest BCUT2D eigenvalue weighted by Gasteiger charge is -2.50. The fourth-order valence-corrected chi connectivity index (χ4v) is 6.44. The van der Waals surface area contributed by atoms with Gasteiger partial charge in [-0.2, -0.15) is 4.57 Å². The number of halogens is 1. The molecule has 0 aliphatic carbocycles. The maximum Gasteiger partial charge on any atom is 0.347 e. The summed E-state index contributed by atoms with van der Waals surface area (Å²) in [5.41, 5.74) is 12.1. The SMILES string of the molecule is C[C@H](O/N=C(\C(=O)N[C@@H]1C(=O)N2C(C(=O)[O-])=C(C[n+]3ccc4nc(N)[nH]c4c3)CSC12)c1nc(N)sc1Cl)C(=O)O. The molecule has 3 aromatic rings. The number of fused-ring (bicyclic) bond motifs is 2. The van der Waals surface area contributed by atoms with Gasteiger partial charge in [0.15, 0.2) is 35.7 Å². The van der Waals surface area contributed by atoms with E-state index in [-0.39, 0.29) is 39.1 Å². The fourth-order valence-electron chi connectivity index (χ4n) is 4.17. The molecule has 5 rings (SSSR count). The number of β-lactam (4-membered cyclic amide) rings is 1. The molecule has 7 N–H and O–H groups in total. The number of imidazole rings is 1. The van der Waals surface area contributed by atoms with Gasteiger partial charge in [0.1, 0.15) is 32.5 Å². The zero-order valence-corrected chi connectivity index (χ0v) is 23.2. The Bertz CT molecular complexity index is 1670. The Kier molecular flexibility index (Phi) is 7.45. The van der Waals surface area contributed by atoms with Crippen LogP contribution in [0.1, 0.15) is 12.6 Å². The Morgan fingerprint density at radius 1 is 1.41 bits per heavy atom. The van der Waals surface area contributed by atoms with Crippen molar-refractivity contribution in [2.75, 3.05) is 17.2 Å². The van der Waals surface area contributed by atoms with Crippen molar-refractivity contribution in [2.24, 2.45) is 5.16 Å². The zero-order valence-electron chi connectivity index (χ0n) is 20.9. The largest absolute Gasteiger partial charge is 0.543 e. The Morgan fingerprint density at radius 3 is 2.83 bits per heavy atom. The molecule has 19 heteroatoms. The highest BCUT2D eigenvalue weighted by Crippen LogP contribution is 2.40. The van der Waals surface area contributed by atoms with Crippen molar-refractivity contribution >= 4 is 86.3 Å². The van der Waals surface area contributed by atoms with Gasteiger partial charge in [-0.15, -0.1) is 11.8 Å². The molecule has 0 aromatic carbocycles. The quantitative estimate of drug-likeness (QED) is 0.0786. The van der Waals surface area contributed by atoms with Gasteiger partial charge in [-0.05, 0) is 6.92 Å². The van der Waals surface area contributed by atoms with E-state index < -0.39 is 47.0 Å². The lowest BCUT2D eigenvalue weighted by atomic mass is 10.0. The van der Waals surface area contributed by atoms with Crippen molar-refractivity contribution < 1.29 is 38.8 Å². The van der Waals surface area contributed by atoms with E-state index in [9.17, 15) is 24.3 Å². The number of carboxylic acid groups (broad SMARTS) is 2. The van der Waals surface area contributed by atoms with Gasteiger partial charge in [0.05, 0.1) is 11.7 Å². The topological polar surface area (TPSA) is 246 Å². The fraction of sp³-hybridized carbons (Fsp3) is 0.273. The number of aromatic nitrogens is 4. The smallest absolute Gasteiger partial charge is 0.347 e. The van der Waals surface area contributed by atoms with E-state index in [1.54, 1.807) is 23.0 Å². The van der Waals surface area contributed by atoms with Gasteiger partial charge in [-0.3, -0.25) is 14.5 Å². The third-order valence-corrected chi connectivity index (χ3v) is 8.51. The average Bonchev–Trinajstić information content (AvgIpc) is 3.45. The number of aliphatic carboxylic acids is 2. The van der Waals surface area contributed by atoms with Gasteiger partial charge in [-0.25, -0.2) is 14.8 Å². The predicted octanol–water partition coefficient (Wildman–Crippen LogP) is -1.58. The van der Waals surface area contributed by atoms with E-state index >= 15 is 0 Å². The van der Waals surface area contributed by atoms with Crippen LogP contribution < -0.4 is 26.5 Å². The summed E-state index contributed by atoms with van der Waals surface area (Å²) in [7, 11) is 0. The number of nitrogens with one attached hydrogen (secondary N) is 2. The first kappa shape index (κ1) is 28.1. The summed E-state index contributed by atoms with van der Waals surface area (Å²) in [6, 6.07) is 0.570. The normalized spacial score (nSPS) is 19.5. The average molecular weight is 622 g/mol. The number of oxime groups is 1. The number of carbonyl (C=O) groups excluding carboxylic acids is 3. The van der Waals surface area contributed by atoms with Crippen LogP contribution in [0.15, 0.2) is 34.9 Å². The van der Waals surface area contributed by atoms with Crippen LogP contribution in [-0.4, -0.2) is 77.7 Å². The van der Waals surface area contributed by atoms with Crippen molar-refractivity contribution in [3.8, 4) is 0 Å². The number of anilines is 2. The van der Waals surface area contributed by atoms with Gasteiger partial charge in [0, 0.05) is 17.4 Å². The standard InChI is InChI=1S/C22H20ClN9O7S2/c1-7(19(35)36)39-30-12(11-15(23)41-22(25)29-11)16(33)28-13-17(34)32-14(20(37)38)8(6-40-18(13)32)4-31-3-2-9-10(5-31)27-21(24)26-9/h2-3,5,7,13,18H,4,6H2,1H3,(H7,24,25,27,28,29,33,35,36,37,38)/b30-12-/t7-,13+,18?/m0/s1. The van der Waals surface area contributed by atoms with Crippen molar-refractivity contribution in [1.29, 1.82) is 0 Å². The number of carboxylic acids is 2. The lowest BCUT2D eigenvalue weighted by molar-refractivity contribution is -0.687. The summed E-state index contributed by atoms with van der Waals surface area (Å²) in [6.07, 6.45) is 1.99. The number of rotatable bonds is 9. The number of hydrogen-bond acceptors (Lipinski definition) is 13. The number of thioether (sulfide) groups is 1. The number of nitrogens with two attached hydrogens (primary N) is 2. The second-order valence-corrected chi connectivity index (χ2v) is 11.6. The van der Waals surface area contributed by atoms with Crippen LogP contribution in [0.5, 0.6) is 0 Å². The Balaban J connectivity index is 1.37. The Hall–Kier alpha value is -4.42. The molecule has 0 saturated carbocycles. The Morgan fingerprint density at radius 2 is 2.17 bits per heavy atom. The summed E-state index contributed by atoms with van der Waals surface area (Å²) in [5, 5.41) is 26.6. The minimum atomic E-state index is -1.54. The van der Waals surface area contributed by atoms with Gasteiger partial charge >= 0.3 is 5.97 Å². The third-order valence-electron chi connectivity index (χ3n) is 6.09. The molecular weight excluding hydrogens is 602 g/mol. The van der Waals surface area contributed by atoms with E-state index in [0.717, 1.165) is 16.2 Å². The number of pyridine rings is 1. The van der Waals surface area contributed by atoms with Gasteiger partial charge < -0.3 is 41.6 Å². The monoisotopic (exact) mass is 621 g/mol. The number of carbonyl (C=O) groups is 4. The van der Waals surface area contributed by atoms with Crippen LogP contribution in [0.2, 0.25) is 4.34 Å². The second-order valence-electron chi connectivity index (χ2n) is 8.84. The first-order valence-electron chi connectivity index (χ1n) is 11.7. The number of hydrogen-bond donors (Lipinski definition) is 5. The van der Waals surface area contributed by atoms with Gasteiger partial charge in [0.2, 0.25) is 6.10 Å². The van der Waals surface area contributed by atoms with Gasteiger partial charge in [0.25, 0.3) is 11.8 Å². The number of aromatic amines is 1. The minimum absolute atomic E-state index is 0.00907. The molecule has 1 unspecified atom stereocenters. The van der Waals surface area contributed by atoms with Crippen molar-refractivity contribution in [3.63, 3.8) is 0 Å². The summed E-state index contributed by atoms with van der Waals surface area (Å²) in [4.78, 5) is 66.6. The molecule has 3 aromatic heterocycles. The molecule has 214 valence electrons. The Labute approximate surface area is 243 Å². The number of amides is 2. The minimum Gasteiger partial charge on any atom is -0.543 e. The highest BCUT2D eigenvalue weighted by molar-refractivity contribution is 8.00. The molecule has 1 fully saturated rings. The highest BCUT2D eigenvalue weighted by Gasteiger charge is 2.53. The molecule has 0 bridgehead atoms. The summed E-state index contributed by atoms with van der Waals surface area (Å²) in [6.45, 7) is 1.33. The van der Waals surface area contributed by atoms with E-state index in [4.69, 9.17) is 33.0 Å². The molecule has 16 nitrogen and oxygen atoms in total. The van der Waals surface area contributed by atoms with Crippen LogP contribution in [-0.2, 0) is 30.6 Å². The first-order chi connectivity index (χ1) is 19.4. The van der Waals surface area contributed by atoms with Crippen molar-refractivity contribution in [1.82, 2.24) is 25.2 Å². The van der Waals surface area contributed by atoms with Crippen LogP contribution >= 0.6 is 34.7 Å². The predicted molar refractivity (Wildman–Crippen MR) is 144 cm³/mol. The number of thiazole rings is 1. The van der Waals surface area contributed by atoms with Crippen molar-refractivity contribution in [3.05, 3.63) is 39.8 Å². The molecule has 41 heavy (non-hydrogen) atoms. The summed E-state index contributed by atoms with van der Waals surface area (Å²) < 4.78 is 1.70. The maximum atomic E-state index is 13.2. The van der Waals surface area contributed by atoms with E-state index in [2.05, 4.69) is 25.4 Å². The number of nitrogen functional groups attached to an aromatic ring is 2. The summed E-state index contributed by atoms with van der Waals surface area (Å²) >= 11 is 8.21. The van der Waals surface area contributed by atoms with Crippen LogP contribution in [0.3, 0.4) is 0 Å². The van der Waals surface area contributed by atoms with E-state index in [1.165, 1.54) is 18.7 Å². The first-order valence-corrected chi connectivity index (χ1v) is 13.9. The van der Waals surface area contributed by atoms with E-state index in [1.807, 2.05) is 0 Å². The van der Waals surface area contributed by atoms with Crippen molar-refractivity contribution in [2.45, 2.75) is 31.0 Å². The number of H-pyrrole nitrogens is 1. The maximum absolute atomic E-state index is 13.2. The second kappa shape index (κ2) is 10.9. The van der Waals surface area contributed by atoms with Crippen LogP contribution in [0.4, 0.5) is 11.1 Å². The van der Waals surface area contributed by atoms with Crippen LogP contribution in [0.25, 0.3) is 11.0 Å². The molecule has 0 spiro atoms. The molecule has 3 atom stereocenters. The van der Waals surface area contributed by atoms with Gasteiger partial charge in [-0.1, -0.05) is 28.1 Å². The zero-order chi connectivity index (χ0) is 29.6. The van der Waals surface area contributed by atoms with Crippen LogP contribution in [0, 0.1) is 0 Å². The molecule has 2 aliphatic heterocycles. The summed E-state index contributed by atoms with van der Waals surface area (Å²) in [5.74, 6) is -4.09.